The van der Waals surface area contributed by atoms with Gasteiger partial charge in [0.1, 0.15) is 6.61 Å². The summed E-state index contributed by atoms with van der Waals surface area (Å²) < 4.78 is 251. The maximum absolute atomic E-state index is 13.9. The summed E-state index contributed by atoms with van der Waals surface area (Å²) in [5, 5.41) is -7.66. The van der Waals surface area contributed by atoms with E-state index in [0.717, 1.165) is 0 Å². The third-order valence-corrected chi connectivity index (χ3v) is 6.15. The summed E-state index contributed by atoms with van der Waals surface area (Å²) in [7, 11) is -7.59. The lowest BCUT2D eigenvalue weighted by Crippen LogP contribution is -2.75. The van der Waals surface area contributed by atoms with E-state index in [2.05, 4.69) is 11.3 Å². The van der Waals surface area contributed by atoms with Gasteiger partial charge in [0.2, 0.25) is 0 Å². The van der Waals surface area contributed by atoms with Crippen LogP contribution in [-0.2, 0) is 19.6 Å². The van der Waals surface area contributed by atoms with Crippen LogP contribution in [0.15, 0.2) is 12.7 Å². The number of hydrogen-bond acceptors (Lipinski definition) is 4. The molecule has 0 aliphatic rings. The van der Waals surface area contributed by atoms with Gasteiger partial charge in [0.25, 0.3) is 10.0 Å². The second-order valence-electron chi connectivity index (χ2n) is 6.66. The van der Waals surface area contributed by atoms with Gasteiger partial charge in [-0.05, 0) is 0 Å². The van der Waals surface area contributed by atoms with Crippen molar-refractivity contribution in [1.82, 2.24) is 4.31 Å². The predicted molar refractivity (Wildman–Crippen MR) is 83.4 cm³/mol. The van der Waals surface area contributed by atoms with Crippen molar-refractivity contribution < 1.29 is 92.6 Å². The van der Waals surface area contributed by atoms with Gasteiger partial charge in [0.15, 0.2) is 0 Å². The van der Waals surface area contributed by atoms with E-state index in [0.29, 0.717) is 6.08 Å². The Morgan fingerprint density at radius 2 is 1.03 bits per heavy atom. The molecule has 0 aliphatic heterocycles. The van der Waals surface area contributed by atoms with Crippen molar-refractivity contribution >= 4 is 16.0 Å². The fourth-order valence-electron chi connectivity index (χ4n) is 1.96. The zero-order valence-corrected chi connectivity index (χ0v) is 17.9. The molecule has 5 nitrogen and oxygen atoms in total. The standard InChI is InChI=1S/C14H10F17NO4S/c1-3-6(33)36-5-4-32(2)37(34,35)14(30,31)12(25,26)10(21,22)8(17,18)7(15,16)9(19,20)11(23,24)13(27,28)29/h3H,1,4-5H2,2H3. The van der Waals surface area contributed by atoms with E-state index in [-0.39, 0.29) is 7.05 Å². The number of hydrogen-bond donors (Lipinski definition) is 0. The summed E-state index contributed by atoms with van der Waals surface area (Å²) in [6.45, 7) is -0.203. The Bertz CT molecular complexity index is 973. The highest BCUT2D eigenvalue weighted by Crippen LogP contribution is 2.64. The van der Waals surface area contributed by atoms with Crippen LogP contribution in [-0.4, -0.2) is 85.9 Å². The highest BCUT2D eigenvalue weighted by atomic mass is 32.2. The largest absolute Gasteiger partial charge is 0.461 e. The molecule has 37 heavy (non-hydrogen) atoms. The molecule has 0 fully saturated rings. The number of rotatable bonds is 12. The van der Waals surface area contributed by atoms with Crippen LogP contribution in [0.5, 0.6) is 0 Å². The Hall–Kier alpha value is -2.07. The molecule has 23 heteroatoms. The Balaban J connectivity index is 6.71. The summed E-state index contributed by atoms with van der Waals surface area (Å²) in [5.74, 6) is -53.4. The van der Waals surface area contributed by atoms with Crippen molar-refractivity contribution in [2.75, 3.05) is 20.2 Å². The number of sulfonamides is 1. The van der Waals surface area contributed by atoms with Crippen LogP contribution in [0.1, 0.15) is 0 Å². The van der Waals surface area contributed by atoms with E-state index >= 15 is 0 Å². The van der Waals surface area contributed by atoms with Crippen molar-refractivity contribution in [2.45, 2.75) is 47.0 Å². The first kappa shape index (κ1) is 34.9. The number of halogens is 17. The summed E-state index contributed by atoms with van der Waals surface area (Å²) in [6, 6.07) is 0. The van der Waals surface area contributed by atoms with Crippen LogP contribution in [0.4, 0.5) is 74.6 Å². The van der Waals surface area contributed by atoms with Crippen molar-refractivity contribution in [3.8, 4) is 0 Å². The lowest BCUT2D eigenvalue weighted by Gasteiger charge is -2.42. The Kier molecular flexibility index (Phi) is 9.06. The van der Waals surface area contributed by atoms with Crippen molar-refractivity contribution in [3.63, 3.8) is 0 Å². The van der Waals surface area contributed by atoms with Gasteiger partial charge in [-0.1, -0.05) is 6.58 Å². The zero-order valence-electron chi connectivity index (χ0n) is 17.1. The molecule has 0 rings (SSSR count). The van der Waals surface area contributed by atoms with Gasteiger partial charge in [-0.2, -0.15) is 78.9 Å². The number of ether oxygens (including phenoxy) is 1. The van der Waals surface area contributed by atoms with Crippen LogP contribution in [0.25, 0.3) is 0 Å². The van der Waals surface area contributed by atoms with Crippen LogP contribution >= 0.6 is 0 Å². The van der Waals surface area contributed by atoms with Crippen LogP contribution in [0.3, 0.4) is 0 Å². The van der Waals surface area contributed by atoms with Gasteiger partial charge in [-0.25, -0.2) is 13.2 Å². The van der Waals surface area contributed by atoms with Gasteiger partial charge in [-0.3, -0.25) is 0 Å². The molecule has 0 atom stereocenters. The van der Waals surface area contributed by atoms with E-state index in [9.17, 15) is 87.8 Å². The number of carbonyl (C=O) groups excluding carboxylic acids is 1. The maximum Gasteiger partial charge on any atom is 0.460 e. The maximum atomic E-state index is 13.9. The molecule has 0 spiro atoms. The minimum atomic E-state index is -8.90. The number of carbonyl (C=O) groups is 1. The lowest BCUT2D eigenvalue weighted by molar-refractivity contribution is -0.458. The Morgan fingerprint density at radius 1 is 0.703 bits per heavy atom. The van der Waals surface area contributed by atoms with E-state index in [1.807, 2.05) is 0 Å². The first-order valence-corrected chi connectivity index (χ1v) is 9.78. The SMILES string of the molecule is C=CC(=O)OCCN(C)S(=O)(=O)C(F)(F)C(F)(F)C(F)(F)C(F)(F)C(F)(F)C(F)(F)C(F)(F)C(F)(F)F. The summed E-state index contributed by atoms with van der Waals surface area (Å²) in [6.07, 6.45) is -7.53. The van der Waals surface area contributed by atoms with E-state index in [1.165, 1.54) is 0 Å². The minimum Gasteiger partial charge on any atom is -0.461 e. The molecule has 0 amide bonds. The lowest BCUT2D eigenvalue weighted by atomic mass is 9.91. The molecule has 0 aromatic rings. The number of likely N-dealkylation sites (N-methyl/N-ethyl adjacent to an activating group) is 1. The van der Waals surface area contributed by atoms with Crippen molar-refractivity contribution in [3.05, 3.63) is 12.7 Å². The van der Waals surface area contributed by atoms with Crippen LogP contribution < -0.4 is 0 Å². The molecule has 0 bridgehead atoms. The second kappa shape index (κ2) is 9.59. The Morgan fingerprint density at radius 3 is 1.35 bits per heavy atom. The monoisotopic (exact) mass is 611 g/mol. The summed E-state index contributed by atoms with van der Waals surface area (Å²) in [5.41, 5.74) is 0. The third-order valence-electron chi connectivity index (χ3n) is 4.24. The summed E-state index contributed by atoms with van der Waals surface area (Å²) in [4.78, 5) is 10.7. The molecular formula is C14H10F17NO4S. The number of nitrogens with zero attached hydrogens (tertiary/aromatic N) is 1. The quantitative estimate of drug-likeness (QED) is 0.178. The van der Waals surface area contributed by atoms with E-state index in [4.69, 9.17) is 0 Å². The third kappa shape index (κ3) is 4.91. The molecule has 0 saturated carbocycles. The van der Waals surface area contributed by atoms with Crippen molar-refractivity contribution in [2.24, 2.45) is 0 Å². The average Bonchev–Trinajstić information content (AvgIpc) is 2.71. The molecule has 0 N–H and O–H groups in total. The molecule has 0 radical (unpaired) electrons. The fourth-order valence-corrected chi connectivity index (χ4v) is 3.12. The first-order chi connectivity index (χ1) is 15.9. The first-order valence-electron chi connectivity index (χ1n) is 8.34. The number of esters is 1. The Labute approximate surface area is 193 Å². The van der Waals surface area contributed by atoms with Crippen LogP contribution in [0.2, 0.25) is 0 Å². The van der Waals surface area contributed by atoms with E-state index in [1.54, 1.807) is 0 Å². The van der Waals surface area contributed by atoms with Gasteiger partial charge in [0, 0.05) is 19.7 Å². The molecule has 0 aromatic heterocycles. The molecule has 0 heterocycles. The normalized spacial score (nSPS) is 15.6. The molecule has 0 saturated heterocycles. The van der Waals surface area contributed by atoms with Crippen molar-refractivity contribution in [1.29, 1.82) is 0 Å². The second-order valence-corrected chi connectivity index (χ2v) is 8.75. The molecular weight excluding hydrogens is 601 g/mol. The smallest absolute Gasteiger partial charge is 0.460 e. The predicted octanol–water partition coefficient (Wildman–Crippen LogP) is 4.94. The minimum absolute atomic E-state index is 0.177. The van der Waals surface area contributed by atoms with Gasteiger partial charge in [0.05, 0.1) is 0 Å². The molecule has 0 unspecified atom stereocenters. The highest BCUT2D eigenvalue weighted by Gasteiger charge is 2.96. The number of alkyl halides is 17. The van der Waals surface area contributed by atoms with Crippen LogP contribution in [0, 0.1) is 0 Å². The summed E-state index contributed by atoms with van der Waals surface area (Å²) >= 11 is 0. The molecule has 0 aromatic carbocycles. The molecule has 220 valence electrons. The van der Waals surface area contributed by atoms with Gasteiger partial charge < -0.3 is 4.74 Å². The zero-order chi connectivity index (χ0) is 30.5. The highest BCUT2D eigenvalue weighted by molar-refractivity contribution is 7.90. The van der Waals surface area contributed by atoms with Gasteiger partial charge >= 0.3 is 52.9 Å². The fraction of sp³-hybridized carbons (Fsp3) is 0.786. The molecule has 0 aliphatic carbocycles. The topological polar surface area (TPSA) is 63.7 Å². The van der Waals surface area contributed by atoms with Gasteiger partial charge in [-0.15, -0.1) is 0 Å². The average molecular weight is 611 g/mol. The van der Waals surface area contributed by atoms with E-state index < -0.39 is 80.4 Å².